The van der Waals surface area contributed by atoms with Crippen LogP contribution in [0.2, 0.25) is 0 Å². The molecule has 0 N–H and O–H groups in total. The third-order valence-corrected chi connectivity index (χ3v) is 8.45. The minimum Gasteiger partial charge on any atom is -0.493 e. The summed E-state index contributed by atoms with van der Waals surface area (Å²) in [7, 11) is -4.15. The summed E-state index contributed by atoms with van der Waals surface area (Å²) in [5, 5.41) is 0. The minimum atomic E-state index is -4.15. The molecular weight excluding hydrogens is 462 g/mol. The molecule has 0 unspecified atom stereocenters. The van der Waals surface area contributed by atoms with Crippen LogP contribution in [0.1, 0.15) is 38.5 Å². The molecule has 2 aliphatic rings. The summed E-state index contributed by atoms with van der Waals surface area (Å²) in [4.78, 5) is 14.6. The van der Waals surface area contributed by atoms with E-state index in [4.69, 9.17) is 4.74 Å². The van der Waals surface area contributed by atoms with Crippen LogP contribution in [0.5, 0.6) is 5.75 Å². The highest BCUT2D eigenvalue weighted by Crippen LogP contribution is 2.37. The molecule has 2 heterocycles. The fourth-order valence-electron chi connectivity index (χ4n) is 4.84. The zero-order valence-corrected chi connectivity index (χ0v) is 19.9. The molecule has 2 aromatic rings. The number of hydrogen-bond donors (Lipinski definition) is 0. The molecule has 0 saturated carbocycles. The first kappa shape index (κ1) is 24.6. The van der Waals surface area contributed by atoms with Gasteiger partial charge in [0.25, 0.3) is 0 Å². The summed E-state index contributed by atoms with van der Waals surface area (Å²) in [5.41, 5.74) is -0.748. The number of sulfonamides is 1. The summed E-state index contributed by atoms with van der Waals surface area (Å²) in [6.07, 6.45) is 4.31. The Labute approximate surface area is 199 Å². The summed E-state index contributed by atoms with van der Waals surface area (Å²) >= 11 is 0. The predicted octanol–water partition coefficient (Wildman–Crippen LogP) is 4.22. The van der Waals surface area contributed by atoms with Crippen LogP contribution in [0, 0.1) is 17.0 Å². The topological polar surface area (TPSA) is 66.9 Å². The van der Waals surface area contributed by atoms with Crippen molar-refractivity contribution in [3.8, 4) is 5.75 Å². The highest BCUT2D eigenvalue weighted by molar-refractivity contribution is 7.89. The summed E-state index contributed by atoms with van der Waals surface area (Å²) in [5.74, 6) is -1.27. The van der Waals surface area contributed by atoms with Crippen molar-refractivity contribution in [2.75, 3.05) is 32.8 Å². The third-order valence-electron chi connectivity index (χ3n) is 6.62. The molecule has 0 aliphatic carbocycles. The Kier molecular flexibility index (Phi) is 7.52. The van der Waals surface area contributed by atoms with Gasteiger partial charge in [0.15, 0.2) is 0 Å². The first-order valence-electron chi connectivity index (χ1n) is 11.7. The molecular formula is C25H30F2N2O4S. The fourth-order valence-corrected chi connectivity index (χ4v) is 6.47. The molecule has 0 aromatic heterocycles. The lowest BCUT2D eigenvalue weighted by atomic mass is 9.78. The number of nitrogens with zero attached hydrogens (tertiary/aromatic N) is 2. The van der Waals surface area contributed by atoms with E-state index in [0.29, 0.717) is 37.7 Å². The van der Waals surface area contributed by atoms with E-state index in [0.717, 1.165) is 31.4 Å². The van der Waals surface area contributed by atoms with Crippen LogP contribution in [0.15, 0.2) is 53.4 Å². The number of hydrogen-bond acceptors (Lipinski definition) is 4. The van der Waals surface area contributed by atoms with Crippen LogP contribution in [0.4, 0.5) is 8.78 Å². The fraction of sp³-hybridized carbons (Fsp3) is 0.480. The molecule has 9 heteroatoms. The van der Waals surface area contributed by atoms with Crippen LogP contribution < -0.4 is 4.74 Å². The van der Waals surface area contributed by atoms with Crippen LogP contribution >= 0.6 is 0 Å². The molecule has 2 fully saturated rings. The van der Waals surface area contributed by atoms with Gasteiger partial charge in [-0.15, -0.1) is 0 Å². The molecule has 1 atom stereocenters. The molecule has 2 aromatic carbocycles. The van der Waals surface area contributed by atoms with E-state index in [1.165, 1.54) is 4.31 Å². The third kappa shape index (κ3) is 5.75. The monoisotopic (exact) mass is 492 g/mol. The molecule has 184 valence electrons. The zero-order chi connectivity index (χ0) is 24.2. The summed E-state index contributed by atoms with van der Waals surface area (Å²) in [6.45, 7) is 1.84. The maximum atomic E-state index is 13.8. The van der Waals surface area contributed by atoms with Gasteiger partial charge < -0.3 is 9.64 Å². The van der Waals surface area contributed by atoms with Gasteiger partial charge in [-0.2, -0.15) is 4.31 Å². The highest BCUT2D eigenvalue weighted by Gasteiger charge is 2.43. The van der Waals surface area contributed by atoms with Crippen molar-refractivity contribution < 1.29 is 26.7 Å². The van der Waals surface area contributed by atoms with Crippen molar-refractivity contribution >= 4 is 15.9 Å². The number of benzene rings is 2. The Morgan fingerprint density at radius 3 is 2.29 bits per heavy atom. The van der Waals surface area contributed by atoms with Gasteiger partial charge in [0.05, 0.1) is 11.5 Å². The molecule has 2 aliphatic heterocycles. The second kappa shape index (κ2) is 10.4. The number of likely N-dealkylation sites (tertiary alicyclic amines) is 1. The quantitative estimate of drug-likeness (QED) is 0.581. The zero-order valence-electron chi connectivity index (χ0n) is 19.1. The lowest BCUT2D eigenvalue weighted by molar-refractivity contribution is -0.136. The number of piperidine rings is 2. The van der Waals surface area contributed by atoms with E-state index in [9.17, 15) is 22.0 Å². The number of halogens is 2. The number of amides is 1. The Morgan fingerprint density at radius 2 is 1.62 bits per heavy atom. The SMILES string of the molecule is O=C(C[C@]1(COc2ccccc2)CCCN(S(=O)(=O)c2cc(F)cc(F)c2)C1)N1CCCCC1. The number of para-hydroxylation sites is 1. The van der Waals surface area contributed by atoms with Crippen LogP contribution in [-0.2, 0) is 14.8 Å². The standard InChI is InChI=1S/C25H30F2N2O4S/c26-20-14-21(27)16-23(15-20)34(31,32)29-13-7-10-25(18-29,19-33-22-8-3-1-4-9-22)17-24(30)28-11-5-2-6-12-28/h1,3-4,8-9,14-16H,2,5-7,10-13,17-19H2/t25-/m1/s1. The number of carbonyl (C=O) groups excluding carboxylic acids is 1. The first-order chi connectivity index (χ1) is 16.3. The Bertz CT molecular complexity index is 1090. The number of rotatable bonds is 7. The lowest BCUT2D eigenvalue weighted by Gasteiger charge is -2.42. The Hall–Kier alpha value is -2.52. The van der Waals surface area contributed by atoms with Crippen molar-refractivity contribution in [2.45, 2.75) is 43.4 Å². The summed E-state index contributed by atoms with van der Waals surface area (Å²) < 4.78 is 61.4. The molecule has 0 bridgehead atoms. The second-order valence-electron chi connectivity index (χ2n) is 9.27. The number of ether oxygens (including phenoxy) is 1. The van der Waals surface area contributed by atoms with Crippen molar-refractivity contribution in [1.29, 1.82) is 0 Å². The van der Waals surface area contributed by atoms with Crippen LogP contribution in [0.25, 0.3) is 0 Å². The predicted molar refractivity (Wildman–Crippen MR) is 124 cm³/mol. The van der Waals surface area contributed by atoms with E-state index >= 15 is 0 Å². The van der Waals surface area contributed by atoms with Gasteiger partial charge in [0.2, 0.25) is 15.9 Å². The largest absolute Gasteiger partial charge is 0.493 e. The average Bonchev–Trinajstić information content (AvgIpc) is 2.83. The summed E-state index contributed by atoms with van der Waals surface area (Å²) in [6, 6.07) is 11.5. The van der Waals surface area contributed by atoms with E-state index in [2.05, 4.69) is 0 Å². The normalized spacial score (nSPS) is 21.9. The van der Waals surface area contributed by atoms with Crippen molar-refractivity contribution in [3.05, 3.63) is 60.2 Å². The molecule has 0 radical (unpaired) electrons. The second-order valence-corrected chi connectivity index (χ2v) is 11.2. The maximum absolute atomic E-state index is 13.8. The van der Waals surface area contributed by atoms with Crippen LogP contribution in [0.3, 0.4) is 0 Å². The van der Waals surface area contributed by atoms with E-state index < -0.39 is 32.0 Å². The molecule has 2 saturated heterocycles. The van der Waals surface area contributed by atoms with Gasteiger partial charge >= 0.3 is 0 Å². The molecule has 6 nitrogen and oxygen atoms in total. The van der Waals surface area contributed by atoms with Crippen molar-refractivity contribution in [2.24, 2.45) is 5.41 Å². The van der Waals surface area contributed by atoms with Gasteiger partial charge in [-0.25, -0.2) is 17.2 Å². The van der Waals surface area contributed by atoms with Crippen molar-refractivity contribution in [1.82, 2.24) is 9.21 Å². The van der Waals surface area contributed by atoms with Gasteiger partial charge in [-0.1, -0.05) is 18.2 Å². The van der Waals surface area contributed by atoms with E-state index in [-0.39, 0.29) is 32.0 Å². The molecule has 1 amide bonds. The average molecular weight is 493 g/mol. The van der Waals surface area contributed by atoms with Gasteiger partial charge in [-0.3, -0.25) is 4.79 Å². The van der Waals surface area contributed by atoms with Gasteiger partial charge in [0, 0.05) is 44.1 Å². The Balaban J connectivity index is 1.59. The van der Waals surface area contributed by atoms with Gasteiger partial charge in [0.1, 0.15) is 17.4 Å². The van der Waals surface area contributed by atoms with E-state index in [1.54, 1.807) is 0 Å². The maximum Gasteiger partial charge on any atom is 0.243 e. The number of carbonyl (C=O) groups is 1. The molecule has 4 rings (SSSR count). The minimum absolute atomic E-state index is 0.00703. The molecule has 0 spiro atoms. The van der Waals surface area contributed by atoms with Crippen molar-refractivity contribution in [3.63, 3.8) is 0 Å². The van der Waals surface area contributed by atoms with Gasteiger partial charge in [-0.05, 0) is 56.4 Å². The molecule has 34 heavy (non-hydrogen) atoms. The lowest BCUT2D eigenvalue weighted by Crippen LogP contribution is -2.51. The smallest absolute Gasteiger partial charge is 0.243 e. The van der Waals surface area contributed by atoms with E-state index in [1.807, 2.05) is 35.2 Å². The highest BCUT2D eigenvalue weighted by atomic mass is 32.2. The Morgan fingerprint density at radius 1 is 0.941 bits per heavy atom. The first-order valence-corrected chi connectivity index (χ1v) is 13.1. The van der Waals surface area contributed by atoms with Crippen LogP contribution in [-0.4, -0.2) is 56.3 Å².